The molecule has 8 nitrogen and oxygen atoms in total. The Bertz CT molecular complexity index is 1020. The van der Waals surface area contributed by atoms with Crippen LogP contribution in [0, 0.1) is 5.92 Å². The summed E-state index contributed by atoms with van der Waals surface area (Å²) >= 11 is 5.95. The third kappa shape index (κ3) is 5.81. The molecule has 0 saturated carbocycles. The van der Waals surface area contributed by atoms with Crippen molar-refractivity contribution in [2.45, 2.75) is 17.7 Å². The van der Waals surface area contributed by atoms with Crippen LogP contribution < -0.4 is 19.5 Å². The molecule has 1 fully saturated rings. The molecule has 2 aromatic rings. The zero-order valence-electron chi connectivity index (χ0n) is 17.4. The molecular formula is C21H26ClN3O5S. The van der Waals surface area contributed by atoms with Crippen molar-refractivity contribution in [3.05, 3.63) is 47.5 Å². The molecular weight excluding hydrogens is 442 g/mol. The maximum atomic E-state index is 12.7. The van der Waals surface area contributed by atoms with Gasteiger partial charge in [-0.15, -0.1) is 0 Å². The fourth-order valence-corrected chi connectivity index (χ4v) is 4.99. The summed E-state index contributed by atoms with van der Waals surface area (Å²) in [5.41, 5.74) is 0.611. The molecule has 10 heteroatoms. The predicted molar refractivity (Wildman–Crippen MR) is 120 cm³/mol. The van der Waals surface area contributed by atoms with E-state index in [9.17, 15) is 13.2 Å². The van der Waals surface area contributed by atoms with Crippen LogP contribution in [0.2, 0.25) is 5.02 Å². The van der Waals surface area contributed by atoms with Crippen molar-refractivity contribution < 1.29 is 22.7 Å². The van der Waals surface area contributed by atoms with Crippen LogP contribution in [-0.2, 0) is 10.0 Å². The van der Waals surface area contributed by atoms with E-state index < -0.39 is 10.0 Å². The molecule has 1 saturated heterocycles. The van der Waals surface area contributed by atoms with E-state index in [1.165, 1.54) is 19.2 Å². The summed E-state index contributed by atoms with van der Waals surface area (Å²) in [4.78, 5) is 14.3. The highest BCUT2D eigenvalue weighted by Gasteiger charge is 2.26. The van der Waals surface area contributed by atoms with Gasteiger partial charge in [-0.3, -0.25) is 0 Å². The Balaban J connectivity index is 1.53. The van der Waals surface area contributed by atoms with Gasteiger partial charge in [-0.05, 0) is 49.1 Å². The number of amides is 2. The van der Waals surface area contributed by atoms with Gasteiger partial charge in [0.25, 0.3) is 0 Å². The highest BCUT2D eigenvalue weighted by molar-refractivity contribution is 7.89. The molecule has 2 aromatic carbocycles. The van der Waals surface area contributed by atoms with Crippen LogP contribution in [0.4, 0.5) is 10.5 Å². The molecule has 0 bridgehead atoms. The first kappa shape index (κ1) is 23.2. The summed E-state index contributed by atoms with van der Waals surface area (Å²) < 4.78 is 38.5. The Morgan fingerprint density at radius 1 is 1.10 bits per heavy atom. The second-order valence-electron chi connectivity index (χ2n) is 7.21. The van der Waals surface area contributed by atoms with Crippen molar-refractivity contribution in [1.29, 1.82) is 0 Å². The number of sulfonamides is 1. The van der Waals surface area contributed by atoms with Gasteiger partial charge < -0.3 is 19.7 Å². The molecule has 0 spiro atoms. The topological polar surface area (TPSA) is 97.0 Å². The number of rotatable bonds is 7. The molecule has 0 aromatic heterocycles. The number of methoxy groups -OCH3 is 2. The third-order valence-electron chi connectivity index (χ3n) is 5.23. The van der Waals surface area contributed by atoms with Gasteiger partial charge in [0, 0.05) is 24.7 Å². The van der Waals surface area contributed by atoms with E-state index >= 15 is 0 Å². The van der Waals surface area contributed by atoms with Gasteiger partial charge in [0.05, 0.1) is 19.9 Å². The summed E-state index contributed by atoms with van der Waals surface area (Å²) in [7, 11) is -0.807. The first-order valence-corrected chi connectivity index (χ1v) is 11.7. The van der Waals surface area contributed by atoms with Gasteiger partial charge in [-0.2, -0.15) is 0 Å². The predicted octanol–water partition coefficient (Wildman–Crippen LogP) is 3.58. The van der Waals surface area contributed by atoms with Crippen molar-refractivity contribution in [1.82, 2.24) is 9.62 Å². The number of urea groups is 1. The fraction of sp³-hybridized carbons (Fsp3) is 0.381. The molecule has 1 heterocycles. The summed E-state index contributed by atoms with van der Waals surface area (Å²) in [5, 5.41) is 3.18. The first-order valence-electron chi connectivity index (χ1n) is 9.86. The van der Waals surface area contributed by atoms with E-state index in [4.69, 9.17) is 21.1 Å². The lowest BCUT2D eigenvalue weighted by Crippen LogP contribution is -2.43. The summed E-state index contributed by atoms with van der Waals surface area (Å²) in [5.74, 6) is 0.951. The van der Waals surface area contributed by atoms with Gasteiger partial charge in [0.15, 0.2) is 0 Å². The minimum atomic E-state index is -3.77. The second kappa shape index (κ2) is 10.2. The fourth-order valence-electron chi connectivity index (χ4n) is 3.45. The number of hydrogen-bond acceptors (Lipinski definition) is 5. The normalized spacial score (nSPS) is 14.9. The summed E-state index contributed by atoms with van der Waals surface area (Å²) in [6.45, 7) is 1.35. The first-order chi connectivity index (χ1) is 14.8. The molecule has 1 aliphatic rings. The Morgan fingerprint density at radius 2 is 1.77 bits per heavy atom. The molecule has 31 heavy (non-hydrogen) atoms. The number of benzene rings is 2. The second-order valence-corrected chi connectivity index (χ2v) is 9.38. The number of likely N-dealkylation sites (tertiary alicyclic amines) is 1. The van der Waals surface area contributed by atoms with Crippen LogP contribution in [0.5, 0.6) is 11.5 Å². The average Bonchev–Trinajstić information content (AvgIpc) is 2.78. The van der Waals surface area contributed by atoms with E-state index in [-0.39, 0.29) is 29.1 Å². The molecule has 0 unspecified atom stereocenters. The van der Waals surface area contributed by atoms with Gasteiger partial charge in [-0.25, -0.2) is 17.9 Å². The average molecular weight is 468 g/mol. The molecule has 3 rings (SSSR count). The molecule has 168 valence electrons. The van der Waals surface area contributed by atoms with Crippen LogP contribution in [0.1, 0.15) is 12.8 Å². The van der Waals surface area contributed by atoms with Crippen LogP contribution in [0.15, 0.2) is 47.4 Å². The largest absolute Gasteiger partial charge is 0.495 e. The number of halogens is 1. The number of hydrogen-bond donors (Lipinski definition) is 2. The molecule has 2 amide bonds. The number of carbonyl (C=O) groups excluding carboxylic acids is 1. The number of nitrogens with zero attached hydrogens (tertiary/aromatic N) is 1. The lowest BCUT2D eigenvalue weighted by molar-refractivity contribution is 0.183. The van der Waals surface area contributed by atoms with Crippen molar-refractivity contribution in [2.75, 3.05) is 39.2 Å². The van der Waals surface area contributed by atoms with E-state index in [1.807, 2.05) is 12.1 Å². The number of nitrogens with one attached hydrogen (secondary N) is 2. The molecule has 1 aliphatic heterocycles. The minimum Gasteiger partial charge on any atom is -0.495 e. The molecule has 0 aliphatic carbocycles. The monoisotopic (exact) mass is 467 g/mol. The van der Waals surface area contributed by atoms with Crippen molar-refractivity contribution in [3.8, 4) is 11.5 Å². The van der Waals surface area contributed by atoms with Gasteiger partial charge >= 0.3 is 6.03 Å². The van der Waals surface area contributed by atoms with Gasteiger partial charge in [0.1, 0.15) is 16.4 Å². The van der Waals surface area contributed by atoms with E-state index in [2.05, 4.69) is 10.0 Å². The maximum Gasteiger partial charge on any atom is 0.321 e. The highest BCUT2D eigenvalue weighted by Crippen LogP contribution is 2.28. The lowest BCUT2D eigenvalue weighted by Gasteiger charge is -2.32. The van der Waals surface area contributed by atoms with Gasteiger partial charge in [-0.1, -0.05) is 23.7 Å². The van der Waals surface area contributed by atoms with E-state index in [1.54, 1.807) is 30.2 Å². The zero-order valence-corrected chi connectivity index (χ0v) is 19.0. The summed E-state index contributed by atoms with van der Waals surface area (Å²) in [6.07, 6.45) is 1.38. The molecule has 2 N–H and O–H groups in total. The van der Waals surface area contributed by atoms with Crippen LogP contribution >= 0.6 is 11.6 Å². The standard InChI is InChI=1S/C21H26ClN3O5S/c1-29-18-6-4-3-5-17(18)24-21(26)25-11-9-15(10-12-25)14-23-31(27,28)20-13-16(22)7-8-19(20)30-2/h3-8,13,15,23H,9-12,14H2,1-2H3,(H,24,26). The minimum absolute atomic E-state index is 0.0103. The summed E-state index contributed by atoms with van der Waals surface area (Å²) in [6, 6.07) is 11.5. The van der Waals surface area contributed by atoms with Crippen LogP contribution in [0.3, 0.4) is 0 Å². The molecule has 0 atom stereocenters. The Kier molecular flexibility index (Phi) is 7.64. The zero-order chi connectivity index (χ0) is 22.4. The van der Waals surface area contributed by atoms with Crippen LogP contribution in [0.25, 0.3) is 0 Å². The quantitative estimate of drug-likeness (QED) is 0.648. The number of carbonyl (C=O) groups is 1. The van der Waals surface area contributed by atoms with Crippen molar-refractivity contribution in [3.63, 3.8) is 0 Å². The maximum absolute atomic E-state index is 12.7. The lowest BCUT2D eigenvalue weighted by atomic mass is 9.97. The third-order valence-corrected chi connectivity index (χ3v) is 6.91. The smallest absolute Gasteiger partial charge is 0.321 e. The number of para-hydroxylation sites is 2. The van der Waals surface area contributed by atoms with Crippen LogP contribution in [-0.4, -0.2) is 53.2 Å². The SMILES string of the molecule is COc1ccccc1NC(=O)N1CCC(CNS(=O)(=O)c2cc(Cl)ccc2OC)CC1. The number of ether oxygens (including phenoxy) is 2. The van der Waals surface area contributed by atoms with Crippen molar-refractivity contribution in [2.24, 2.45) is 5.92 Å². The van der Waals surface area contributed by atoms with E-state index in [0.717, 1.165) is 0 Å². The highest BCUT2D eigenvalue weighted by atomic mass is 35.5. The Morgan fingerprint density at radius 3 is 2.45 bits per heavy atom. The van der Waals surface area contributed by atoms with Crippen molar-refractivity contribution >= 4 is 33.3 Å². The Hall–Kier alpha value is -2.49. The Labute approximate surface area is 187 Å². The molecule has 0 radical (unpaired) electrons. The number of piperidine rings is 1. The number of anilines is 1. The van der Waals surface area contributed by atoms with Gasteiger partial charge in [0.2, 0.25) is 10.0 Å². The van der Waals surface area contributed by atoms with E-state index in [0.29, 0.717) is 42.4 Å².